The molecule has 39 heavy (non-hydrogen) atoms. The van der Waals surface area contributed by atoms with Crippen molar-refractivity contribution in [1.82, 2.24) is 19.6 Å². The molecule has 17 nitrogen and oxygen atoms in total. The fraction of sp³-hybridized carbons (Fsp3) is 0.800. The van der Waals surface area contributed by atoms with Crippen LogP contribution in [0.3, 0.4) is 0 Å². The Balaban J connectivity index is -0.0000000281. The summed E-state index contributed by atoms with van der Waals surface area (Å²) < 4.78 is 0. The smallest absolute Gasteiger partial charge is 0.693 e. The van der Waals surface area contributed by atoms with Crippen molar-refractivity contribution < 1.29 is 79.2 Å². The van der Waals surface area contributed by atoms with Crippen LogP contribution in [-0.4, -0.2) is 150 Å². The molecule has 0 aromatic rings. The minimum atomic E-state index is -0.769. The van der Waals surface area contributed by atoms with Crippen LogP contribution in [0.2, 0.25) is 0 Å². The Morgan fingerprint density at radius 3 is 0.564 bits per heavy atom. The van der Waals surface area contributed by atoms with Crippen LogP contribution in [0.15, 0.2) is 0 Å². The van der Waals surface area contributed by atoms with Crippen LogP contribution < -0.4 is 0 Å². The fourth-order valence-electron chi connectivity index (χ4n) is 1.37. The molecular formula is C20H54Fe2N8O9+4. The standard InChI is InChI=1S/4C5H11NO2.2Fe.4H2N.H2O/c4*1-3-6(2)4-5(7)8;;;;;;;/h4*3-4H2,1-2H3,(H,7,8);;;5*1H2/q;;;;2*+4;4*-1;. The quantitative estimate of drug-likeness (QED) is 0.218. The van der Waals surface area contributed by atoms with E-state index >= 15 is 0 Å². The normalized spacial score (nSPS) is 8.10. The van der Waals surface area contributed by atoms with Crippen molar-refractivity contribution in [2.75, 3.05) is 80.5 Å². The van der Waals surface area contributed by atoms with E-state index in [0.29, 0.717) is 0 Å². The summed E-state index contributed by atoms with van der Waals surface area (Å²) in [5.41, 5.74) is 0. The number of carboxylic acid groups (broad SMARTS) is 4. The van der Waals surface area contributed by atoms with Gasteiger partial charge in [-0.2, -0.15) is 0 Å². The first-order valence-electron chi connectivity index (χ1n) is 10.3. The predicted molar refractivity (Wildman–Crippen MR) is 148 cm³/mol. The van der Waals surface area contributed by atoms with Crippen LogP contribution >= 0.6 is 0 Å². The Labute approximate surface area is 255 Å². The molecular weight excluding hydrogens is 608 g/mol. The van der Waals surface area contributed by atoms with Crippen LogP contribution in [0.4, 0.5) is 0 Å². The number of aliphatic carboxylic acids is 4. The number of hydrogen-bond acceptors (Lipinski definition) is 8. The van der Waals surface area contributed by atoms with Crippen molar-refractivity contribution in [3.8, 4) is 0 Å². The first-order chi connectivity index (χ1) is 14.7. The molecule has 240 valence electrons. The molecule has 0 heterocycles. The Morgan fingerprint density at radius 1 is 0.436 bits per heavy atom. The molecule has 0 amide bonds. The van der Waals surface area contributed by atoms with Crippen molar-refractivity contribution in [1.29, 1.82) is 0 Å². The van der Waals surface area contributed by atoms with Crippen molar-refractivity contribution >= 4 is 23.9 Å². The monoisotopic (exact) mass is 662 g/mol. The Bertz CT molecular complexity index is 442. The van der Waals surface area contributed by atoms with Crippen molar-refractivity contribution in [2.45, 2.75) is 27.7 Å². The molecule has 0 unspecified atom stereocenters. The van der Waals surface area contributed by atoms with Gasteiger partial charge in [0.15, 0.2) is 0 Å². The van der Waals surface area contributed by atoms with Gasteiger partial charge in [0, 0.05) is 0 Å². The summed E-state index contributed by atoms with van der Waals surface area (Å²) in [7, 11) is 7.09. The van der Waals surface area contributed by atoms with Gasteiger partial charge in [-0.3, -0.25) is 38.8 Å². The molecule has 0 radical (unpaired) electrons. The van der Waals surface area contributed by atoms with Crippen molar-refractivity contribution in [3.63, 3.8) is 0 Å². The molecule has 0 aliphatic carbocycles. The Morgan fingerprint density at radius 2 is 0.538 bits per heavy atom. The molecule has 0 aromatic carbocycles. The van der Waals surface area contributed by atoms with Gasteiger partial charge in [0.05, 0.1) is 26.2 Å². The molecule has 14 N–H and O–H groups in total. The van der Waals surface area contributed by atoms with E-state index < -0.39 is 23.9 Å². The molecule has 19 heteroatoms. The molecule has 0 spiro atoms. The van der Waals surface area contributed by atoms with Crippen LogP contribution in [0.25, 0.3) is 24.6 Å². The molecule has 0 rings (SSSR count). The average Bonchev–Trinajstić information content (AvgIpc) is 2.67. The zero-order valence-corrected chi connectivity index (χ0v) is 26.6. The summed E-state index contributed by atoms with van der Waals surface area (Å²) in [4.78, 5) is 46.6. The van der Waals surface area contributed by atoms with E-state index in [1.165, 1.54) is 0 Å². The van der Waals surface area contributed by atoms with Gasteiger partial charge in [-0.15, -0.1) is 0 Å². The van der Waals surface area contributed by atoms with Gasteiger partial charge in [-0.1, -0.05) is 27.7 Å². The molecule has 0 atom stereocenters. The van der Waals surface area contributed by atoms with Crippen LogP contribution in [0, 0.1) is 0 Å². The number of likely N-dealkylation sites (N-methyl/N-ethyl adjacent to an activating group) is 4. The fourth-order valence-corrected chi connectivity index (χ4v) is 1.37. The summed E-state index contributed by atoms with van der Waals surface area (Å²) in [5.74, 6) is -3.08. The van der Waals surface area contributed by atoms with Crippen LogP contribution in [0.1, 0.15) is 27.7 Å². The summed E-state index contributed by atoms with van der Waals surface area (Å²) in [6, 6.07) is 0. The maximum atomic E-state index is 9.93. The molecule has 0 saturated heterocycles. The number of nitrogens with zero attached hydrogens (tertiary/aromatic N) is 4. The minimum Gasteiger partial charge on any atom is -0.693 e. The topological polar surface area (TPSA) is 328 Å². The van der Waals surface area contributed by atoms with Gasteiger partial charge < -0.3 is 50.5 Å². The second-order valence-electron chi connectivity index (χ2n) is 6.90. The van der Waals surface area contributed by atoms with Gasteiger partial charge in [0.25, 0.3) is 0 Å². The number of carboxylic acids is 4. The molecule has 0 saturated carbocycles. The third-order valence-corrected chi connectivity index (χ3v) is 3.78. The summed E-state index contributed by atoms with van der Waals surface area (Å²) in [5, 5.41) is 32.7. The average molecular weight is 662 g/mol. The van der Waals surface area contributed by atoms with Crippen LogP contribution in [0.5, 0.6) is 0 Å². The van der Waals surface area contributed by atoms with E-state index in [1.54, 1.807) is 47.8 Å². The molecule has 0 bridgehead atoms. The summed E-state index contributed by atoms with van der Waals surface area (Å²) >= 11 is 0. The van der Waals surface area contributed by atoms with Crippen LogP contribution in [-0.2, 0) is 53.3 Å². The van der Waals surface area contributed by atoms with E-state index in [-0.39, 0.29) is 90.4 Å². The van der Waals surface area contributed by atoms with Gasteiger partial charge in [0.1, 0.15) is 0 Å². The second-order valence-corrected chi connectivity index (χ2v) is 6.90. The SMILES string of the molecule is CCN(C)CC(=O)O.CCN(C)CC(=O)O.CCN(C)CC(=O)O.CCN(C)CC(=O)O.O.[Fe+4].[Fe+4].[NH2-].[NH2-].[NH2-].[NH2-]. The Kier molecular flexibility index (Phi) is 90.3. The summed E-state index contributed by atoms with van der Waals surface area (Å²) in [6.45, 7) is 11.4. The number of hydrogen-bond donors (Lipinski definition) is 4. The number of rotatable bonds is 12. The first kappa shape index (κ1) is 71.2. The van der Waals surface area contributed by atoms with E-state index in [1.807, 2.05) is 27.7 Å². The van der Waals surface area contributed by atoms with E-state index in [2.05, 4.69) is 0 Å². The molecule has 0 fully saturated rings. The largest absolute Gasteiger partial charge is 4.00 e. The first-order valence-corrected chi connectivity index (χ1v) is 10.3. The summed E-state index contributed by atoms with van der Waals surface area (Å²) in [6.07, 6.45) is 0. The predicted octanol–water partition coefficient (Wildman–Crippen LogP) is 2.13. The van der Waals surface area contributed by atoms with Crippen molar-refractivity contribution in [2.24, 2.45) is 0 Å². The zero-order valence-electron chi connectivity index (χ0n) is 24.4. The van der Waals surface area contributed by atoms with E-state index in [4.69, 9.17) is 20.4 Å². The second kappa shape index (κ2) is 49.5. The van der Waals surface area contributed by atoms with Gasteiger partial charge in [-0.25, -0.2) is 0 Å². The Hall–Kier alpha value is -1.44. The maximum Gasteiger partial charge on any atom is 4.00 e. The van der Waals surface area contributed by atoms with Gasteiger partial charge in [0.2, 0.25) is 0 Å². The molecule has 0 aromatic heterocycles. The third-order valence-electron chi connectivity index (χ3n) is 3.78. The van der Waals surface area contributed by atoms with Crippen molar-refractivity contribution in [3.05, 3.63) is 24.6 Å². The van der Waals surface area contributed by atoms with Gasteiger partial charge >= 0.3 is 58.0 Å². The van der Waals surface area contributed by atoms with E-state index in [0.717, 1.165) is 26.2 Å². The van der Waals surface area contributed by atoms with Gasteiger partial charge in [-0.05, 0) is 54.4 Å². The molecule has 0 aliphatic heterocycles. The number of nitrogens with two attached hydrogens (primary N) is 4. The molecule has 0 aliphatic rings. The zero-order chi connectivity index (χ0) is 26.3. The third kappa shape index (κ3) is 85.8. The number of carbonyl (C=O) groups is 4. The minimum absolute atomic E-state index is 0. The maximum absolute atomic E-state index is 9.93. The van der Waals surface area contributed by atoms with E-state index in [9.17, 15) is 19.2 Å².